The summed E-state index contributed by atoms with van der Waals surface area (Å²) in [6.07, 6.45) is 3.57. The van der Waals surface area contributed by atoms with Gasteiger partial charge in [0, 0.05) is 51.0 Å². The minimum Gasteiger partial charge on any atom is -0.399 e. The molecule has 0 aromatic heterocycles. The van der Waals surface area contributed by atoms with Crippen LogP contribution in [-0.4, -0.2) is 65.9 Å². The highest BCUT2D eigenvalue weighted by molar-refractivity contribution is 5.85. The molecule has 5 nitrogen and oxygen atoms in total. The van der Waals surface area contributed by atoms with E-state index in [2.05, 4.69) is 27.7 Å². The average Bonchev–Trinajstić information content (AvgIpc) is 2.57. The summed E-state index contributed by atoms with van der Waals surface area (Å²) in [5, 5.41) is 0. The van der Waals surface area contributed by atoms with Gasteiger partial charge in [-0.05, 0) is 43.9 Å². The van der Waals surface area contributed by atoms with E-state index < -0.39 is 0 Å². The van der Waals surface area contributed by atoms with Gasteiger partial charge >= 0.3 is 0 Å². The van der Waals surface area contributed by atoms with E-state index in [1.165, 1.54) is 12.0 Å². The first-order valence-electron chi connectivity index (χ1n) is 9.20. The van der Waals surface area contributed by atoms with E-state index in [-0.39, 0.29) is 24.8 Å². The molecular formula is C19H32Cl2N4O. The number of hydrogen-bond acceptors (Lipinski definition) is 4. The van der Waals surface area contributed by atoms with Gasteiger partial charge in [-0.1, -0.05) is 12.1 Å². The van der Waals surface area contributed by atoms with Crippen LogP contribution in [0.5, 0.6) is 0 Å². The van der Waals surface area contributed by atoms with Crippen LogP contribution in [0.4, 0.5) is 5.69 Å². The minimum absolute atomic E-state index is 0. The van der Waals surface area contributed by atoms with Crippen LogP contribution in [0.3, 0.4) is 0 Å². The molecule has 1 amide bonds. The Balaban J connectivity index is 0.00000169. The largest absolute Gasteiger partial charge is 0.399 e. The number of carbonyl (C=O) groups is 1. The smallest absolute Gasteiger partial charge is 0.236 e. The summed E-state index contributed by atoms with van der Waals surface area (Å²) in [5.41, 5.74) is 7.95. The molecule has 2 saturated heterocycles. The Labute approximate surface area is 169 Å². The third kappa shape index (κ3) is 6.31. The van der Waals surface area contributed by atoms with Crippen LogP contribution in [0.2, 0.25) is 0 Å². The van der Waals surface area contributed by atoms with E-state index in [9.17, 15) is 4.79 Å². The zero-order valence-electron chi connectivity index (χ0n) is 15.6. The van der Waals surface area contributed by atoms with Crippen molar-refractivity contribution in [3.05, 3.63) is 29.8 Å². The van der Waals surface area contributed by atoms with Crippen molar-refractivity contribution in [3.63, 3.8) is 0 Å². The van der Waals surface area contributed by atoms with Crippen LogP contribution in [0.1, 0.15) is 31.7 Å². The molecule has 0 radical (unpaired) electrons. The van der Waals surface area contributed by atoms with Gasteiger partial charge in [0.25, 0.3) is 0 Å². The summed E-state index contributed by atoms with van der Waals surface area (Å²) in [4.78, 5) is 19.4. The van der Waals surface area contributed by atoms with Crippen LogP contribution in [-0.2, 0) is 11.3 Å². The van der Waals surface area contributed by atoms with Gasteiger partial charge in [0.05, 0.1) is 6.54 Å². The number of nitrogens with zero attached hydrogens (tertiary/aromatic N) is 3. The standard InChI is InChI=1S/C19H30N4O.2ClH/c1-16-5-2-3-8-23(16)19(24)15-22-11-9-21(10-12-22)14-17-6-4-7-18(20)13-17;;/h4,6-7,13,16H,2-3,5,8-12,14-15,20H2,1H3;2*1H. The van der Waals surface area contributed by atoms with Crippen molar-refractivity contribution in [2.75, 3.05) is 45.0 Å². The lowest BCUT2D eigenvalue weighted by atomic mass is 10.0. The number of amides is 1. The van der Waals surface area contributed by atoms with Crippen molar-refractivity contribution in [1.82, 2.24) is 14.7 Å². The highest BCUT2D eigenvalue weighted by Gasteiger charge is 2.26. The van der Waals surface area contributed by atoms with Crippen LogP contribution in [0.15, 0.2) is 24.3 Å². The van der Waals surface area contributed by atoms with Gasteiger partial charge in [-0.2, -0.15) is 0 Å². The van der Waals surface area contributed by atoms with Crippen LogP contribution >= 0.6 is 24.8 Å². The molecule has 2 aliphatic heterocycles. The fourth-order valence-electron chi connectivity index (χ4n) is 3.81. The molecule has 0 bridgehead atoms. The summed E-state index contributed by atoms with van der Waals surface area (Å²) < 4.78 is 0. The molecule has 1 atom stereocenters. The molecular weight excluding hydrogens is 371 g/mol. The maximum absolute atomic E-state index is 12.5. The lowest BCUT2D eigenvalue weighted by molar-refractivity contribution is -0.136. The number of piperazine rings is 1. The molecule has 2 heterocycles. The molecule has 26 heavy (non-hydrogen) atoms. The van der Waals surface area contributed by atoms with E-state index in [0.29, 0.717) is 18.5 Å². The molecule has 2 aliphatic rings. The number of piperidine rings is 1. The van der Waals surface area contributed by atoms with Crippen LogP contribution in [0.25, 0.3) is 0 Å². The Bertz CT molecular complexity index is 564. The fourth-order valence-corrected chi connectivity index (χ4v) is 3.81. The minimum atomic E-state index is 0. The topological polar surface area (TPSA) is 52.8 Å². The number of rotatable bonds is 4. The number of nitrogens with two attached hydrogens (primary N) is 1. The monoisotopic (exact) mass is 402 g/mol. The molecule has 148 valence electrons. The number of halogens is 2. The highest BCUT2D eigenvalue weighted by atomic mass is 35.5. The predicted octanol–water partition coefficient (Wildman–Crippen LogP) is 2.63. The van der Waals surface area contributed by atoms with E-state index >= 15 is 0 Å². The molecule has 7 heteroatoms. The Morgan fingerprint density at radius 1 is 1.08 bits per heavy atom. The molecule has 1 unspecified atom stereocenters. The maximum Gasteiger partial charge on any atom is 0.236 e. The molecule has 0 aliphatic carbocycles. The SMILES string of the molecule is CC1CCCCN1C(=O)CN1CCN(Cc2cccc(N)c2)CC1.Cl.Cl. The molecule has 2 N–H and O–H groups in total. The number of anilines is 1. The molecule has 3 rings (SSSR count). The molecule has 1 aromatic rings. The first kappa shape index (κ1) is 23.0. The fraction of sp³-hybridized carbons (Fsp3) is 0.632. The lowest BCUT2D eigenvalue weighted by Crippen LogP contribution is -2.51. The summed E-state index contributed by atoms with van der Waals surface area (Å²) in [6.45, 7) is 8.60. The van der Waals surface area contributed by atoms with Gasteiger partial charge < -0.3 is 10.6 Å². The molecule has 0 saturated carbocycles. The van der Waals surface area contributed by atoms with Crippen LogP contribution in [0, 0.1) is 0 Å². The van der Waals surface area contributed by atoms with E-state index in [1.54, 1.807) is 0 Å². The summed E-state index contributed by atoms with van der Waals surface area (Å²) in [7, 11) is 0. The van der Waals surface area contributed by atoms with E-state index in [4.69, 9.17) is 5.73 Å². The Kier molecular flexibility index (Phi) is 9.72. The van der Waals surface area contributed by atoms with Gasteiger partial charge in [0.1, 0.15) is 0 Å². The Morgan fingerprint density at radius 3 is 2.42 bits per heavy atom. The summed E-state index contributed by atoms with van der Waals surface area (Å²) in [5.74, 6) is 0.312. The predicted molar refractivity (Wildman–Crippen MR) is 112 cm³/mol. The molecule has 0 spiro atoms. The Morgan fingerprint density at radius 2 is 1.77 bits per heavy atom. The van der Waals surface area contributed by atoms with Crippen molar-refractivity contribution in [2.45, 2.75) is 38.8 Å². The second-order valence-corrected chi connectivity index (χ2v) is 7.23. The zero-order valence-corrected chi connectivity index (χ0v) is 17.2. The first-order valence-corrected chi connectivity index (χ1v) is 9.20. The van der Waals surface area contributed by atoms with Gasteiger partial charge in [0.15, 0.2) is 0 Å². The molecule has 2 fully saturated rings. The maximum atomic E-state index is 12.5. The quantitative estimate of drug-likeness (QED) is 0.786. The highest BCUT2D eigenvalue weighted by Crippen LogP contribution is 2.17. The Hall–Kier alpha value is -1.01. The van der Waals surface area contributed by atoms with E-state index in [1.807, 2.05) is 18.2 Å². The van der Waals surface area contributed by atoms with E-state index in [0.717, 1.165) is 57.8 Å². The first-order chi connectivity index (χ1) is 11.6. The van der Waals surface area contributed by atoms with Crippen molar-refractivity contribution >= 4 is 36.4 Å². The lowest BCUT2D eigenvalue weighted by Gasteiger charge is -2.38. The third-order valence-corrected chi connectivity index (χ3v) is 5.30. The molecule has 1 aromatic carbocycles. The number of hydrogen-bond donors (Lipinski definition) is 1. The van der Waals surface area contributed by atoms with Crippen LogP contribution < -0.4 is 5.73 Å². The normalized spacial score (nSPS) is 21.6. The van der Waals surface area contributed by atoms with Crippen molar-refractivity contribution < 1.29 is 4.79 Å². The van der Waals surface area contributed by atoms with Gasteiger partial charge in [-0.15, -0.1) is 24.8 Å². The second-order valence-electron chi connectivity index (χ2n) is 7.23. The second kappa shape index (κ2) is 11.0. The number of likely N-dealkylation sites (tertiary alicyclic amines) is 1. The van der Waals surface area contributed by atoms with Gasteiger partial charge in [0.2, 0.25) is 5.91 Å². The van der Waals surface area contributed by atoms with Gasteiger partial charge in [-0.25, -0.2) is 0 Å². The van der Waals surface area contributed by atoms with Crippen molar-refractivity contribution in [2.24, 2.45) is 0 Å². The zero-order chi connectivity index (χ0) is 16.9. The number of benzene rings is 1. The van der Waals surface area contributed by atoms with Crippen molar-refractivity contribution in [3.8, 4) is 0 Å². The summed E-state index contributed by atoms with van der Waals surface area (Å²) in [6, 6.07) is 8.53. The van der Waals surface area contributed by atoms with Crippen molar-refractivity contribution in [1.29, 1.82) is 0 Å². The van der Waals surface area contributed by atoms with Gasteiger partial charge in [-0.3, -0.25) is 14.6 Å². The number of nitrogen functional groups attached to an aromatic ring is 1. The third-order valence-electron chi connectivity index (χ3n) is 5.30. The summed E-state index contributed by atoms with van der Waals surface area (Å²) >= 11 is 0. The number of carbonyl (C=O) groups excluding carboxylic acids is 1. The average molecular weight is 403 g/mol.